The van der Waals surface area contributed by atoms with Crippen LogP contribution in [0.5, 0.6) is 0 Å². The summed E-state index contributed by atoms with van der Waals surface area (Å²) in [6.45, 7) is 10.2. The zero-order chi connectivity index (χ0) is 19.8. The molecule has 0 saturated carbocycles. The van der Waals surface area contributed by atoms with E-state index in [1.54, 1.807) is 16.9 Å². The van der Waals surface area contributed by atoms with Gasteiger partial charge in [0.2, 0.25) is 0 Å². The lowest BCUT2D eigenvalue weighted by Crippen LogP contribution is -2.30. The topological polar surface area (TPSA) is 56.0 Å². The first kappa shape index (κ1) is 18.7. The highest BCUT2D eigenvalue weighted by atomic mass is 35.5. The van der Waals surface area contributed by atoms with Crippen molar-refractivity contribution in [2.75, 3.05) is 13.1 Å². The number of halogens is 1. The zero-order valence-electron chi connectivity index (χ0n) is 16.0. The van der Waals surface area contributed by atoms with Crippen LogP contribution in [0.15, 0.2) is 41.8 Å². The van der Waals surface area contributed by atoms with Crippen molar-refractivity contribution in [3.8, 4) is 0 Å². The van der Waals surface area contributed by atoms with E-state index in [1.807, 2.05) is 32.2 Å². The van der Waals surface area contributed by atoms with Crippen LogP contribution in [-0.4, -0.2) is 37.3 Å². The third kappa shape index (κ3) is 3.41. The van der Waals surface area contributed by atoms with Gasteiger partial charge in [0.25, 0.3) is 5.56 Å². The zero-order valence-corrected chi connectivity index (χ0v) is 16.8. The molecule has 1 aliphatic heterocycles. The third-order valence-electron chi connectivity index (χ3n) is 5.17. The monoisotopic (exact) mass is 395 g/mol. The average Bonchev–Trinajstić information content (AvgIpc) is 3.03. The number of rotatable bonds is 4. The van der Waals surface area contributed by atoms with Crippen LogP contribution in [-0.2, 0) is 6.54 Å². The molecule has 0 radical (unpaired) electrons. The summed E-state index contributed by atoms with van der Waals surface area (Å²) in [5, 5.41) is 5.51. The first-order valence-corrected chi connectivity index (χ1v) is 9.62. The normalized spacial score (nSPS) is 15.0. The largest absolute Gasteiger partial charge is 0.302 e. The Kier molecular flexibility index (Phi) is 4.91. The Morgan fingerprint density at radius 3 is 2.82 bits per heavy atom. The van der Waals surface area contributed by atoms with Crippen LogP contribution in [0.25, 0.3) is 22.8 Å². The molecule has 0 fully saturated rings. The highest BCUT2D eigenvalue weighted by Gasteiger charge is 2.18. The molecule has 0 atom stereocenters. The predicted octanol–water partition coefficient (Wildman–Crippen LogP) is 3.71. The van der Waals surface area contributed by atoms with E-state index in [-0.39, 0.29) is 5.56 Å². The maximum Gasteiger partial charge on any atom is 0.280 e. The highest BCUT2D eigenvalue weighted by molar-refractivity contribution is 6.31. The molecule has 0 saturated heterocycles. The Morgan fingerprint density at radius 1 is 1.32 bits per heavy atom. The van der Waals surface area contributed by atoms with Gasteiger partial charge in [-0.05, 0) is 32.0 Å². The molecule has 3 aromatic rings. The van der Waals surface area contributed by atoms with Crippen LogP contribution in [0.3, 0.4) is 0 Å². The number of benzene rings is 1. The molecular weight excluding hydrogens is 374 g/mol. The minimum absolute atomic E-state index is 0.237. The van der Waals surface area contributed by atoms with Crippen molar-refractivity contribution < 1.29 is 0 Å². The molecule has 7 heteroatoms. The number of hydrogen-bond donors (Lipinski definition) is 0. The van der Waals surface area contributed by atoms with Gasteiger partial charge in [0.15, 0.2) is 0 Å². The van der Waals surface area contributed by atoms with Crippen molar-refractivity contribution >= 4 is 34.4 Å². The molecular formula is C21H22ClN5O. The third-order valence-corrected chi connectivity index (χ3v) is 5.41. The van der Waals surface area contributed by atoms with Gasteiger partial charge in [-0.2, -0.15) is 10.1 Å². The van der Waals surface area contributed by atoms with E-state index in [4.69, 9.17) is 11.6 Å². The molecule has 144 valence electrons. The van der Waals surface area contributed by atoms with Crippen LogP contribution in [0, 0.1) is 13.8 Å². The van der Waals surface area contributed by atoms with E-state index < -0.39 is 0 Å². The molecule has 0 amide bonds. The minimum atomic E-state index is -0.237. The quantitative estimate of drug-likeness (QED) is 0.675. The van der Waals surface area contributed by atoms with Gasteiger partial charge < -0.3 is 4.57 Å². The second-order valence-corrected chi connectivity index (χ2v) is 7.48. The van der Waals surface area contributed by atoms with Gasteiger partial charge in [0.1, 0.15) is 5.82 Å². The Morgan fingerprint density at radius 2 is 2.14 bits per heavy atom. The van der Waals surface area contributed by atoms with Crippen molar-refractivity contribution in [2.24, 2.45) is 0 Å². The maximum atomic E-state index is 12.3. The summed E-state index contributed by atoms with van der Waals surface area (Å²) < 4.78 is 3.83. The number of aromatic nitrogens is 4. The van der Waals surface area contributed by atoms with E-state index >= 15 is 0 Å². The van der Waals surface area contributed by atoms with Gasteiger partial charge in [-0.1, -0.05) is 24.3 Å². The summed E-state index contributed by atoms with van der Waals surface area (Å²) in [6.07, 6.45) is 6.81. The fourth-order valence-electron chi connectivity index (χ4n) is 3.72. The Bertz CT molecular complexity index is 1160. The summed E-state index contributed by atoms with van der Waals surface area (Å²) in [6, 6.07) is 5.40. The average molecular weight is 396 g/mol. The predicted molar refractivity (Wildman–Crippen MR) is 113 cm³/mol. The molecule has 1 aliphatic rings. The Labute approximate surface area is 168 Å². The first-order valence-electron chi connectivity index (χ1n) is 9.24. The molecule has 0 bridgehead atoms. The van der Waals surface area contributed by atoms with E-state index in [2.05, 4.69) is 32.2 Å². The lowest BCUT2D eigenvalue weighted by atomic mass is 10.1. The lowest BCUT2D eigenvalue weighted by Gasteiger charge is -2.28. The number of aryl methyl sites for hydroxylation is 2. The summed E-state index contributed by atoms with van der Waals surface area (Å²) in [7, 11) is 0. The summed E-state index contributed by atoms with van der Waals surface area (Å²) >= 11 is 6.08. The van der Waals surface area contributed by atoms with Crippen LogP contribution < -0.4 is 5.56 Å². The summed E-state index contributed by atoms with van der Waals surface area (Å²) in [5.74, 6) is 0.697. The van der Waals surface area contributed by atoms with E-state index in [0.717, 1.165) is 43.0 Å². The Balaban J connectivity index is 1.63. The van der Waals surface area contributed by atoms with Gasteiger partial charge in [-0.25, -0.2) is 4.68 Å². The van der Waals surface area contributed by atoms with Crippen LogP contribution in [0.4, 0.5) is 0 Å². The molecule has 2 aromatic heterocycles. The van der Waals surface area contributed by atoms with Gasteiger partial charge in [-0.15, -0.1) is 0 Å². The SMILES string of the molecule is C=Cn1cc(CN2CC=C(n3c(C)nc(=O)c4cc(Cl)ccc43)CC2)c(C)n1. The second-order valence-electron chi connectivity index (χ2n) is 7.04. The van der Waals surface area contributed by atoms with Crippen molar-refractivity contribution in [1.29, 1.82) is 0 Å². The highest BCUT2D eigenvalue weighted by Crippen LogP contribution is 2.25. The molecule has 4 rings (SSSR count). The second kappa shape index (κ2) is 7.37. The fourth-order valence-corrected chi connectivity index (χ4v) is 3.90. The molecule has 3 heterocycles. The molecule has 0 spiro atoms. The lowest BCUT2D eigenvalue weighted by molar-refractivity contribution is 0.291. The number of hydrogen-bond acceptors (Lipinski definition) is 4. The van der Waals surface area contributed by atoms with Gasteiger partial charge in [0.05, 0.1) is 16.6 Å². The first-order chi connectivity index (χ1) is 13.5. The molecule has 1 aromatic carbocycles. The van der Waals surface area contributed by atoms with Gasteiger partial charge >= 0.3 is 0 Å². The van der Waals surface area contributed by atoms with Crippen LogP contribution in [0.1, 0.15) is 23.5 Å². The smallest absolute Gasteiger partial charge is 0.280 e. The van der Waals surface area contributed by atoms with Crippen molar-refractivity contribution in [1.82, 2.24) is 24.2 Å². The fraction of sp³-hybridized carbons (Fsp3) is 0.286. The van der Waals surface area contributed by atoms with E-state index in [1.165, 1.54) is 5.56 Å². The standard InChI is InChI=1S/C21H22ClN5O/c1-4-26-13-16(14(2)24-26)12-25-9-7-18(8-10-25)27-15(3)23-21(28)19-11-17(22)5-6-20(19)27/h4-7,11,13H,1,8-10,12H2,2-3H3. The van der Waals surface area contributed by atoms with E-state index in [9.17, 15) is 4.79 Å². The molecule has 0 aliphatic carbocycles. The molecule has 28 heavy (non-hydrogen) atoms. The van der Waals surface area contributed by atoms with Crippen LogP contribution >= 0.6 is 11.6 Å². The van der Waals surface area contributed by atoms with Gasteiger partial charge in [-0.3, -0.25) is 9.69 Å². The number of fused-ring (bicyclic) bond motifs is 1. The molecule has 6 nitrogen and oxygen atoms in total. The Hall–Kier alpha value is -2.70. The van der Waals surface area contributed by atoms with E-state index in [0.29, 0.717) is 16.2 Å². The molecule has 0 N–H and O–H groups in total. The summed E-state index contributed by atoms with van der Waals surface area (Å²) in [4.78, 5) is 18.9. The minimum Gasteiger partial charge on any atom is -0.302 e. The maximum absolute atomic E-state index is 12.3. The molecule has 0 unspecified atom stereocenters. The van der Waals surface area contributed by atoms with Crippen LogP contribution in [0.2, 0.25) is 5.02 Å². The van der Waals surface area contributed by atoms with Gasteiger partial charge in [0, 0.05) is 54.7 Å². The number of nitrogens with zero attached hydrogens (tertiary/aromatic N) is 5. The summed E-state index contributed by atoms with van der Waals surface area (Å²) in [5.41, 5.74) is 4.01. The van der Waals surface area contributed by atoms with Crippen molar-refractivity contribution in [3.05, 3.63) is 69.5 Å². The van der Waals surface area contributed by atoms with Crippen molar-refractivity contribution in [2.45, 2.75) is 26.8 Å². The van der Waals surface area contributed by atoms with Crippen molar-refractivity contribution in [3.63, 3.8) is 0 Å².